The highest BCUT2D eigenvalue weighted by Gasteiger charge is 2.55. The molecule has 6 aromatic carbocycles. The van der Waals surface area contributed by atoms with E-state index in [0.29, 0.717) is 72.8 Å². The molecule has 30 nitrogen and oxygen atoms in total. The minimum Gasteiger partial charge on any atom is -0.504 e. The Kier molecular flexibility index (Phi) is 14.9. The van der Waals surface area contributed by atoms with Crippen molar-refractivity contribution in [2.24, 2.45) is 0 Å². The van der Waals surface area contributed by atoms with Gasteiger partial charge in [0.1, 0.15) is 12.7 Å². The van der Waals surface area contributed by atoms with E-state index in [2.05, 4.69) is 0 Å². The van der Waals surface area contributed by atoms with Gasteiger partial charge in [0, 0.05) is 0 Å². The van der Waals surface area contributed by atoms with Crippen LogP contribution in [-0.4, -0.2) is 160 Å². The van der Waals surface area contributed by atoms with Crippen molar-refractivity contribution in [1.29, 1.82) is 0 Å². The molecule has 1 heterocycles. The maximum absolute atomic E-state index is 14.1. The molecule has 0 radical (unpaired) electrons. The Hall–Kier alpha value is -11.3. The van der Waals surface area contributed by atoms with Gasteiger partial charge in [-0.25, -0.2) is 28.8 Å². The molecule has 6 aromatic rings. The molecule has 78 heavy (non-hydrogen) atoms. The van der Waals surface area contributed by atoms with Crippen LogP contribution in [0.25, 0.3) is 0 Å². The zero-order valence-corrected chi connectivity index (χ0v) is 38.4. The highest BCUT2D eigenvalue weighted by molar-refractivity contribution is 5.96. The summed E-state index contributed by atoms with van der Waals surface area (Å²) in [6.07, 6.45) is -12.7. The maximum atomic E-state index is 14.1. The molecule has 1 aliphatic heterocycles. The van der Waals surface area contributed by atoms with Gasteiger partial charge in [0.15, 0.2) is 110 Å². The van der Waals surface area contributed by atoms with E-state index in [4.69, 9.17) is 33.2 Å². The highest BCUT2D eigenvalue weighted by Crippen LogP contribution is 2.43. The second-order valence-electron chi connectivity index (χ2n) is 16.2. The molecule has 5 atom stereocenters. The Morgan fingerprint density at radius 3 is 0.936 bits per heavy atom. The first kappa shape index (κ1) is 54.5. The van der Waals surface area contributed by atoms with Crippen LogP contribution in [0.1, 0.15) is 62.1 Å². The lowest BCUT2D eigenvalue weighted by Crippen LogP contribution is -2.63. The quantitative estimate of drug-likeness (QED) is 0.0341. The van der Waals surface area contributed by atoms with Crippen molar-refractivity contribution in [3.8, 4) is 103 Å². The fourth-order valence-electron chi connectivity index (χ4n) is 7.06. The van der Waals surface area contributed by atoms with E-state index in [-0.39, 0.29) is 0 Å². The molecule has 5 unspecified atom stereocenters. The average molecular weight is 1090 g/mol. The summed E-state index contributed by atoms with van der Waals surface area (Å²) in [6.45, 7) is -1.38. The van der Waals surface area contributed by atoms with Gasteiger partial charge in [0.2, 0.25) is 18.1 Å². The SMILES string of the molecule is O=C(OCC1OC(OC(=O)c2cc(O)c(O)c(O)c2)C(OC(=O)c2cc(O)c(O)c(O)c2)C(OC(=O)c2cc(O)c(O)c(O)c2)C1OC(=O)c1cc(O)c(O)c(O)c1)c1cc(O)c(O)c(OC(=O)c2cc(O)c(O)c(O)c2)c1. The van der Waals surface area contributed by atoms with E-state index < -0.39 is 210 Å². The highest BCUT2D eigenvalue weighted by atomic mass is 16.7. The Balaban J connectivity index is 1.35. The van der Waals surface area contributed by atoms with E-state index in [1.165, 1.54) is 0 Å². The summed E-state index contributed by atoms with van der Waals surface area (Å²) < 4.78 is 38.5. The van der Waals surface area contributed by atoms with E-state index >= 15 is 0 Å². The van der Waals surface area contributed by atoms with E-state index in [0.717, 1.165) is 0 Å². The third-order valence-corrected chi connectivity index (χ3v) is 10.9. The monoisotopic (exact) mass is 1090 g/mol. The molecule has 0 amide bonds. The van der Waals surface area contributed by atoms with Gasteiger partial charge in [-0.1, -0.05) is 0 Å². The number of ether oxygens (including phenoxy) is 7. The minimum atomic E-state index is -2.65. The molecule has 7 rings (SSSR count). The van der Waals surface area contributed by atoms with Crippen LogP contribution in [0.3, 0.4) is 0 Å². The van der Waals surface area contributed by atoms with Gasteiger partial charge in [-0.15, -0.1) is 0 Å². The lowest BCUT2D eigenvalue weighted by molar-refractivity contribution is -0.282. The Morgan fingerprint density at radius 1 is 0.321 bits per heavy atom. The fraction of sp³-hybridized carbons (Fsp3) is 0.125. The van der Waals surface area contributed by atoms with Crippen LogP contribution in [0.5, 0.6) is 103 Å². The largest absolute Gasteiger partial charge is 0.504 e. The van der Waals surface area contributed by atoms with E-state index in [1.807, 2.05) is 0 Å². The first-order valence-corrected chi connectivity index (χ1v) is 21.3. The number of benzene rings is 6. The lowest BCUT2D eigenvalue weighted by atomic mass is 9.97. The number of aromatic hydroxyl groups is 17. The molecule has 0 spiro atoms. The summed E-state index contributed by atoms with van der Waals surface area (Å²) in [7, 11) is 0. The summed E-state index contributed by atoms with van der Waals surface area (Å²) in [6, 6.07) is 6.44. The van der Waals surface area contributed by atoms with Crippen LogP contribution >= 0.6 is 0 Å². The molecule has 1 aliphatic rings. The topological polar surface area (TPSA) is 511 Å². The first-order chi connectivity index (χ1) is 36.6. The molecule has 0 aliphatic carbocycles. The predicted molar refractivity (Wildman–Crippen MR) is 244 cm³/mol. The zero-order chi connectivity index (χ0) is 57.3. The fourth-order valence-corrected chi connectivity index (χ4v) is 7.06. The second kappa shape index (κ2) is 21.3. The van der Waals surface area contributed by atoms with Gasteiger partial charge in [0.25, 0.3) is 0 Å². The van der Waals surface area contributed by atoms with Gasteiger partial charge in [-0.2, -0.15) is 0 Å². The smallest absolute Gasteiger partial charge is 0.343 e. The van der Waals surface area contributed by atoms with Crippen molar-refractivity contribution in [2.45, 2.75) is 30.7 Å². The van der Waals surface area contributed by atoms with Crippen LogP contribution in [0.4, 0.5) is 0 Å². The van der Waals surface area contributed by atoms with Crippen molar-refractivity contribution < 1.29 is 149 Å². The van der Waals surface area contributed by atoms with Crippen LogP contribution < -0.4 is 4.74 Å². The molecule has 0 saturated carbocycles. The molecule has 0 bridgehead atoms. The predicted octanol–water partition coefficient (Wildman–Crippen LogP) is 2.32. The molecular formula is C48H36O30. The van der Waals surface area contributed by atoms with E-state index in [9.17, 15) is 116 Å². The summed E-state index contributed by atoms with van der Waals surface area (Å²) in [4.78, 5) is 82.7. The van der Waals surface area contributed by atoms with Gasteiger partial charge < -0.3 is 120 Å². The van der Waals surface area contributed by atoms with Crippen molar-refractivity contribution in [1.82, 2.24) is 0 Å². The standard InChI is InChI=1S/C48H36O30/c49-20-1-14(2-21(50)33(20)60)43(67)73-31-12-19(11-30(59)38(31)65)42(66)72-13-32-39(75-44(68)15-3-22(51)34(61)23(52)4-15)40(76-45(69)16-5-24(53)35(62)25(54)6-16)41(77-46(70)17-7-26(55)36(63)27(56)8-17)48(74-32)78-47(71)18-9-28(57)37(64)29(58)10-18/h1-12,32,39-41,48-65H,13H2. The van der Waals surface area contributed by atoms with Crippen molar-refractivity contribution in [2.75, 3.05) is 6.61 Å². The number of hydrogen-bond acceptors (Lipinski definition) is 30. The van der Waals surface area contributed by atoms with Gasteiger partial charge in [0.05, 0.1) is 33.4 Å². The molecule has 1 saturated heterocycles. The zero-order valence-electron chi connectivity index (χ0n) is 38.4. The Labute approximate surface area is 430 Å². The third kappa shape index (κ3) is 11.1. The second-order valence-corrected chi connectivity index (χ2v) is 16.2. The van der Waals surface area contributed by atoms with Crippen LogP contribution in [-0.2, 0) is 28.4 Å². The van der Waals surface area contributed by atoms with E-state index in [1.54, 1.807) is 0 Å². The van der Waals surface area contributed by atoms with Crippen molar-refractivity contribution in [3.63, 3.8) is 0 Å². The van der Waals surface area contributed by atoms with Gasteiger partial charge >= 0.3 is 35.8 Å². The van der Waals surface area contributed by atoms with Gasteiger partial charge in [-0.05, 0) is 72.8 Å². The molecule has 1 fully saturated rings. The number of carbonyl (C=O) groups is 6. The number of phenols is 17. The molecule has 408 valence electrons. The number of hydrogen-bond donors (Lipinski definition) is 17. The minimum absolute atomic E-state index is 0.500. The molecule has 30 heteroatoms. The number of carbonyl (C=O) groups excluding carboxylic acids is 6. The first-order valence-electron chi connectivity index (χ1n) is 21.3. The van der Waals surface area contributed by atoms with Gasteiger partial charge in [-0.3, -0.25) is 0 Å². The molecular weight excluding hydrogens is 1060 g/mol. The van der Waals surface area contributed by atoms with Crippen LogP contribution in [0, 0.1) is 0 Å². The molecule has 17 N–H and O–H groups in total. The number of rotatable bonds is 13. The Bertz CT molecular complexity index is 3340. The average Bonchev–Trinajstić information content (AvgIpc) is 3.50. The maximum Gasteiger partial charge on any atom is 0.343 e. The lowest BCUT2D eigenvalue weighted by Gasteiger charge is -2.43. The summed E-state index contributed by atoms with van der Waals surface area (Å²) in [5, 5.41) is 172. The van der Waals surface area contributed by atoms with Crippen LogP contribution in [0.2, 0.25) is 0 Å². The van der Waals surface area contributed by atoms with Crippen molar-refractivity contribution in [3.05, 3.63) is 106 Å². The van der Waals surface area contributed by atoms with Crippen molar-refractivity contribution >= 4 is 35.8 Å². The summed E-state index contributed by atoms with van der Waals surface area (Å²) in [5.74, 6) is -30.1. The number of esters is 6. The molecule has 0 aromatic heterocycles. The Morgan fingerprint density at radius 2 is 0.590 bits per heavy atom. The summed E-state index contributed by atoms with van der Waals surface area (Å²) in [5.41, 5.74) is -4.89. The number of phenolic OH excluding ortho intramolecular Hbond substituents is 17. The normalized spacial score (nSPS) is 16.7. The third-order valence-electron chi connectivity index (χ3n) is 10.9. The summed E-state index contributed by atoms with van der Waals surface area (Å²) >= 11 is 0. The van der Waals surface area contributed by atoms with Crippen LogP contribution in [0.15, 0.2) is 72.8 Å².